The van der Waals surface area contributed by atoms with Crippen LogP contribution in [0.4, 0.5) is 0 Å². The van der Waals surface area contributed by atoms with Crippen molar-refractivity contribution >= 4 is 27.0 Å². The van der Waals surface area contributed by atoms with Crippen molar-refractivity contribution in [2.24, 2.45) is 0 Å². The quantitative estimate of drug-likeness (QED) is 0.766. The summed E-state index contributed by atoms with van der Waals surface area (Å²) >= 11 is 1.37. The van der Waals surface area contributed by atoms with Gasteiger partial charge in [0.2, 0.25) is 0 Å². The number of aromatic nitrogens is 2. The third-order valence-electron chi connectivity index (χ3n) is 3.76. The van der Waals surface area contributed by atoms with Crippen molar-refractivity contribution in [3.8, 4) is 11.3 Å². The number of sulfone groups is 1. The van der Waals surface area contributed by atoms with Gasteiger partial charge >= 0.3 is 0 Å². The lowest BCUT2D eigenvalue weighted by molar-refractivity contribution is -0.120. The summed E-state index contributed by atoms with van der Waals surface area (Å²) in [5.74, 6) is -0.298. The van der Waals surface area contributed by atoms with E-state index in [4.69, 9.17) is 0 Å². The van der Waals surface area contributed by atoms with Gasteiger partial charge in [0.05, 0.1) is 17.9 Å². The van der Waals surface area contributed by atoms with Gasteiger partial charge in [-0.15, -0.1) is 11.3 Å². The molecule has 2 rings (SSSR count). The van der Waals surface area contributed by atoms with Gasteiger partial charge in [-0.05, 0) is 32.4 Å². The highest BCUT2D eigenvalue weighted by atomic mass is 32.2. The minimum absolute atomic E-state index is 0.0197. The Morgan fingerprint density at radius 3 is 2.52 bits per heavy atom. The van der Waals surface area contributed by atoms with Crippen molar-refractivity contribution in [2.75, 3.05) is 5.75 Å². The van der Waals surface area contributed by atoms with Crippen LogP contribution < -0.4 is 0 Å². The SMILES string of the molecule is CCCS(=O)(=O)C(C)(C)C(=O)Cc1nc(-c2ccncc2)cs1. The van der Waals surface area contributed by atoms with E-state index in [2.05, 4.69) is 9.97 Å². The van der Waals surface area contributed by atoms with Gasteiger partial charge in [0.25, 0.3) is 0 Å². The summed E-state index contributed by atoms with van der Waals surface area (Å²) < 4.78 is 23.1. The first-order chi connectivity index (χ1) is 10.8. The highest BCUT2D eigenvalue weighted by Gasteiger charge is 2.40. The summed E-state index contributed by atoms with van der Waals surface area (Å²) in [5, 5.41) is 2.49. The first-order valence-corrected chi connectivity index (χ1v) is 9.91. The molecular formula is C16H20N2O3S2. The Labute approximate surface area is 140 Å². The molecule has 0 saturated heterocycles. The Kier molecular flexibility index (Phi) is 5.31. The first kappa shape index (κ1) is 17.7. The molecule has 124 valence electrons. The molecule has 0 aromatic carbocycles. The van der Waals surface area contributed by atoms with Gasteiger partial charge in [0, 0.05) is 23.3 Å². The minimum Gasteiger partial charge on any atom is -0.297 e. The first-order valence-electron chi connectivity index (χ1n) is 7.38. The maximum Gasteiger partial charge on any atom is 0.162 e. The van der Waals surface area contributed by atoms with E-state index in [-0.39, 0.29) is 18.0 Å². The smallest absolute Gasteiger partial charge is 0.162 e. The number of Topliss-reactive ketones (excluding diaryl/α,β-unsaturated/α-hetero) is 1. The summed E-state index contributed by atoms with van der Waals surface area (Å²) in [7, 11) is -3.46. The molecule has 0 fully saturated rings. The number of thiazole rings is 1. The number of carbonyl (C=O) groups is 1. The van der Waals surface area contributed by atoms with E-state index in [0.29, 0.717) is 11.4 Å². The zero-order chi connectivity index (χ0) is 17.1. The van der Waals surface area contributed by atoms with Gasteiger partial charge in [0.1, 0.15) is 9.75 Å². The van der Waals surface area contributed by atoms with E-state index >= 15 is 0 Å². The van der Waals surface area contributed by atoms with Crippen molar-refractivity contribution in [1.82, 2.24) is 9.97 Å². The second kappa shape index (κ2) is 6.88. The van der Waals surface area contributed by atoms with Crippen molar-refractivity contribution in [3.05, 3.63) is 34.9 Å². The maximum atomic E-state index is 12.5. The van der Waals surface area contributed by atoms with Crippen molar-refractivity contribution in [1.29, 1.82) is 0 Å². The summed E-state index contributed by atoms with van der Waals surface area (Å²) in [6.45, 7) is 4.76. The van der Waals surface area contributed by atoms with Crippen LogP contribution in [-0.4, -0.2) is 34.7 Å². The topological polar surface area (TPSA) is 77.0 Å². The molecular weight excluding hydrogens is 332 g/mol. The maximum absolute atomic E-state index is 12.5. The Balaban J connectivity index is 2.17. The number of hydrogen-bond acceptors (Lipinski definition) is 6. The molecule has 0 atom stereocenters. The summed E-state index contributed by atoms with van der Waals surface area (Å²) in [6.07, 6.45) is 3.90. The van der Waals surface area contributed by atoms with E-state index in [0.717, 1.165) is 11.3 Å². The van der Waals surface area contributed by atoms with Crippen LogP contribution in [0.2, 0.25) is 0 Å². The fraction of sp³-hybridized carbons (Fsp3) is 0.438. The van der Waals surface area contributed by atoms with Gasteiger partial charge in [-0.1, -0.05) is 6.92 Å². The van der Waals surface area contributed by atoms with Gasteiger partial charge in [-0.2, -0.15) is 0 Å². The molecule has 7 heteroatoms. The van der Waals surface area contributed by atoms with Crippen LogP contribution in [0.25, 0.3) is 11.3 Å². The van der Waals surface area contributed by atoms with E-state index in [1.807, 2.05) is 17.5 Å². The minimum atomic E-state index is -3.46. The Hall–Kier alpha value is -1.60. The predicted octanol–water partition coefficient (Wildman–Crippen LogP) is 2.92. The zero-order valence-corrected chi connectivity index (χ0v) is 15.1. The van der Waals surface area contributed by atoms with Crippen LogP contribution in [0.1, 0.15) is 32.2 Å². The lowest BCUT2D eigenvalue weighted by atomic mass is 10.1. The number of carbonyl (C=O) groups excluding carboxylic acids is 1. The van der Waals surface area contributed by atoms with E-state index in [9.17, 15) is 13.2 Å². The predicted molar refractivity (Wildman–Crippen MR) is 92.2 cm³/mol. The fourth-order valence-electron chi connectivity index (χ4n) is 2.09. The Morgan fingerprint density at radius 1 is 1.26 bits per heavy atom. The molecule has 5 nitrogen and oxygen atoms in total. The van der Waals surface area contributed by atoms with Crippen molar-refractivity contribution < 1.29 is 13.2 Å². The molecule has 0 radical (unpaired) electrons. The van der Waals surface area contributed by atoms with E-state index in [1.165, 1.54) is 25.2 Å². The molecule has 0 N–H and O–H groups in total. The lowest BCUT2D eigenvalue weighted by Gasteiger charge is -2.22. The molecule has 2 aromatic rings. The van der Waals surface area contributed by atoms with Crippen LogP contribution >= 0.6 is 11.3 Å². The molecule has 0 aliphatic rings. The zero-order valence-electron chi connectivity index (χ0n) is 13.4. The molecule has 0 saturated carbocycles. The molecule has 0 spiro atoms. The average molecular weight is 352 g/mol. The van der Waals surface area contributed by atoms with Crippen LogP contribution in [0.3, 0.4) is 0 Å². The largest absolute Gasteiger partial charge is 0.297 e. The summed E-state index contributed by atoms with van der Waals surface area (Å²) in [4.78, 5) is 20.9. The van der Waals surface area contributed by atoms with Crippen LogP contribution in [0.15, 0.2) is 29.9 Å². The highest BCUT2D eigenvalue weighted by molar-refractivity contribution is 7.93. The van der Waals surface area contributed by atoms with Crippen LogP contribution in [0, 0.1) is 0 Å². The van der Waals surface area contributed by atoms with E-state index in [1.54, 1.807) is 19.3 Å². The number of nitrogens with zero attached hydrogens (tertiary/aromatic N) is 2. The average Bonchev–Trinajstić information content (AvgIpc) is 2.96. The van der Waals surface area contributed by atoms with Gasteiger partial charge in [-0.3, -0.25) is 9.78 Å². The molecule has 0 unspecified atom stereocenters. The van der Waals surface area contributed by atoms with Gasteiger partial charge in [0.15, 0.2) is 15.6 Å². The third-order valence-corrected chi connectivity index (χ3v) is 7.34. The monoisotopic (exact) mass is 352 g/mol. The molecule has 23 heavy (non-hydrogen) atoms. The molecule has 0 bridgehead atoms. The Morgan fingerprint density at radius 2 is 1.91 bits per heavy atom. The molecule has 0 aliphatic heterocycles. The van der Waals surface area contributed by atoms with Crippen molar-refractivity contribution in [2.45, 2.75) is 38.4 Å². The fourth-order valence-corrected chi connectivity index (χ4v) is 4.36. The third kappa shape index (κ3) is 3.84. The second-order valence-corrected chi connectivity index (χ2v) is 9.39. The van der Waals surface area contributed by atoms with Gasteiger partial charge in [-0.25, -0.2) is 13.4 Å². The van der Waals surface area contributed by atoms with Crippen LogP contribution in [0.5, 0.6) is 0 Å². The molecule has 2 heterocycles. The highest BCUT2D eigenvalue weighted by Crippen LogP contribution is 2.25. The summed E-state index contributed by atoms with van der Waals surface area (Å²) in [6, 6.07) is 3.69. The molecule has 0 amide bonds. The number of hydrogen-bond donors (Lipinski definition) is 0. The molecule has 2 aromatic heterocycles. The number of ketones is 1. The van der Waals surface area contributed by atoms with E-state index < -0.39 is 14.6 Å². The number of rotatable bonds is 7. The standard InChI is InChI=1S/C16H20N2O3S2/c1-4-9-23(20,21)16(2,3)14(19)10-15-18-13(11-22-15)12-5-7-17-8-6-12/h5-8,11H,4,9-10H2,1-3H3. The number of pyridine rings is 1. The Bertz CT molecular complexity index is 781. The van der Waals surface area contributed by atoms with Gasteiger partial charge < -0.3 is 0 Å². The normalized spacial score (nSPS) is 12.3. The van der Waals surface area contributed by atoms with Crippen LogP contribution in [-0.2, 0) is 21.1 Å². The second-order valence-electron chi connectivity index (χ2n) is 5.79. The summed E-state index contributed by atoms with van der Waals surface area (Å²) in [5.41, 5.74) is 1.70. The lowest BCUT2D eigenvalue weighted by Crippen LogP contribution is -2.42. The van der Waals surface area contributed by atoms with Crippen molar-refractivity contribution in [3.63, 3.8) is 0 Å². The molecule has 0 aliphatic carbocycles.